The summed E-state index contributed by atoms with van der Waals surface area (Å²) < 4.78 is 119. The van der Waals surface area contributed by atoms with Gasteiger partial charge in [0.15, 0.2) is 34.9 Å². The quantitative estimate of drug-likeness (QED) is 0.272. The van der Waals surface area contributed by atoms with Crippen LogP contribution in [0, 0.1) is 40.7 Å². The summed E-state index contributed by atoms with van der Waals surface area (Å²) >= 11 is 0. The Balaban J connectivity index is 2.97. The third-order valence-corrected chi connectivity index (χ3v) is 3.07. The molecule has 25 heavy (non-hydrogen) atoms. The van der Waals surface area contributed by atoms with Gasteiger partial charge < -0.3 is 5.11 Å². The molecule has 0 aliphatic heterocycles. The molecule has 2 nitrogen and oxygen atoms in total. The number of ketones is 1. The molecular formula is C14H2F9O2-. The maximum absolute atomic E-state index is 14.1. The Bertz CT molecular complexity index is 935. The number of alkyl halides is 2. The highest BCUT2D eigenvalue weighted by Gasteiger charge is 2.30. The van der Waals surface area contributed by atoms with Crippen LogP contribution in [0.15, 0.2) is 6.08 Å². The van der Waals surface area contributed by atoms with Crippen molar-refractivity contribution in [3.05, 3.63) is 52.4 Å². The van der Waals surface area contributed by atoms with Crippen molar-refractivity contribution in [3.8, 4) is 0 Å². The molecule has 0 unspecified atom stereocenters. The maximum atomic E-state index is 14.1. The van der Waals surface area contributed by atoms with Crippen molar-refractivity contribution >= 4 is 22.3 Å². The summed E-state index contributed by atoms with van der Waals surface area (Å²) in [6.45, 7) is 0. The number of hydrogen-bond donors (Lipinski definition) is 0. The Kier molecular flexibility index (Phi) is 4.69. The summed E-state index contributed by atoms with van der Waals surface area (Å²) in [5.74, 6) is -21.8. The van der Waals surface area contributed by atoms with E-state index in [1.807, 2.05) is 0 Å². The number of halogens is 9. The van der Waals surface area contributed by atoms with Crippen molar-refractivity contribution in [2.45, 2.75) is 6.43 Å². The molecule has 134 valence electrons. The molecule has 0 radical (unpaired) electrons. The smallest absolute Gasteiger partial charge is 0.299 e. The van der Waals surface area contributed by atoms with E-state index in [0.29, 0.717) is 0 Å². The van der Waals surface area contributed by atoms with E-state index in [-0.39, 0.29) is 0 Å². The van der Waals surface area contributed by atoms with Crippen molar-refractivity contribution in [3.63, 3.8) is 0 Å². The Labute approximate surface area is 131 Å². The molecule has 0 saturated heterocycles. The van der Waals surface area contributed by atoms with Gasteiger partial charge in [0, 0.05) is 5.56 Å². The highest BCUT2D eigenvalue weighted by atomic mass is 19.3. The van der Waals surface area contributed by atoms with Gasteiger partial charge in [0.1, 0.15) is 5.82 Å². The van der Waals surface area contributed by atoms with Crippen molar-refractivity contribution in [1.29, 1.82) is 0 Å². The zero-order valence-electron chi connectivity index (χ0n) is 11.4. The van der Waals surface area contributed by atoms with Crippen molar-refractivity contribution in [2.24, 2.45) is 0 Å². The Hall–Kier alpha value is -2.72. The number of benzene rings is 2. The minimum atomic E-state index is -3.75. The SMILES string of the molecule is O=C(/C=C(\[O-])c1c(F)c(F)c2c(F)c(F)c(F)c(F)c2c1F)C(F)F. The van der Waals surface area contributed by atoms with E-state index in [1.54, 1.807) is 0 Å². The standard InChI is InChI=1S/C14H3F9O2/c15-7-4(2(24)1-3(25)14(22)23)8(16)9(17)6-5(7)10(18)12(20)13(21)11(6)19/h1,14,24H/p-1/b2-1-. The summed E-state index contributed by atoms with van der Waals surface area (Å²) in [4.78, 5) is 10.7. The molecule has 2 rings (SSSR count). The zero-order chi connectivity index (χ0) is 19.2. The molecule has 0 heterocycles. The lowest BCUT2D eigenvalue weighted by Crippen LogP contribution is -2.15. The summed E-state index contributed by atoms with van der Waals surface area (Å²) in [5, 5.41) is 7.57. The van der Waals surface area contributed by atoms with Gasteiger partial charge in [-0.2, -0.15) is 0 Å². The predicted octanol–water partition coefficient (Wildman–Crippen LogP) is 3.35. The van der Waals surface area contributed by atoms with Crippen LogP contribution in [0.5, 0.6) is 0 Å². The predicted molar refractivity (Wildman–Crippen MR) is 62.6 cm³/mol. The average molecular weight is 373 g/mol. The van der Waals surface area contributed by atoms with E-state index in [4.69, 9.17) is 0 Å². The molecule has 0 aliphatic carbocycles. The maximum Gasteiger partial charge on any atom is 0.299 e. The van der Waals surface area contributed by atoms with Gasteiger partial charge in [0.05, 0.1) is 10.8 Å². The van der Waals surface area contributed by atoms with Crippen LogP contribution in [0.4, 0.5) is 39.5 Å². The second-order valence-electron chi connectivity index (χ2n) is 4.53. The molecule has 0 spiro atoms. The fourth-order valence-electron chi connectivity index (χ4n) is 1.97. The molecule has 0 N–H and O–H groups in total. The van der Waals surface area contributed by atoms with Crippen LogP contribution in [0.1, 0.15) is 5.56 Å². The number of carbonyl (C=O) groups is 1. The molecule has 2 aromatic carbocycles. The molecule has 11 heteroatoms. The van der Waals surface area contributed by atoms with Gasteiger partial charge in [0.2, 0.25) is 5.78 Å². The number of carbonyl (C=O) groups excluding carboxylic acids is 1. The van der Waals surface area contributed by atoms with Crippen LogP contribution in [0.25, 0.3) is 16.5 Å². The summed E-state index contributed by atoms with van der Waals surface area (Å²) in [7, 11) is 0. The fourth-order valence-corrected chi connectivity index (χ4v) is 1.97. The van der Waals surface area contributed by atoms with Crippen LogP contribution in [-0.2, 0) is 4.79 Å². The average Bonchev–Trinajstić information content (AvgIpc) is 2.54. The minimum Gasteiger partial charge on any atom is -0.872 e. The molecule has 0 saturated carbocycles. The van der Waals surface area contributed by atoms with Gasteiger partial charge in [-0.1, -0.05) is 5.76 Å². The molecule has 0 aliphatic rings. The van der Waals surface area contributed by atoms with E-state index < -0.39 is 81.1 Å². The topological polar surface area (TPSA) is 40.1 Å². The van der Waals surface area contributed by atoms with Gasteiger partial charge >= 0.3 is 0 Å². The molecule has 0 fully saturated rings. The molecular weight excluding hydrogens is 371 g/mol. The van der Waals surface area contributed by atoms with Gasteiger partial charge in [-0.05, 0) is 6.08 Å². The molecule has 0 atom stereocenters. The second-order valence-corrected chi connectivity index (χ2v) is 4.53. The van der Waals surface area contributed by atoms with E-state index in [2.05, 4.69) is 0 Å². The lowest BCUT2D eigenvalue weighted by molar-refractivity contribution is -0.244. The number of allylic oxidation sites excluding steroid dienone is 1. The third-order valence-electron chi connectivity index (χ3n) is 3.07. The van der Waals surface area contributed by atoms with Gasteiger partial charge in [-0.25, -0.2) is 39.5 Å². The van der Waals surface area contributed by atoms with Crippen molar-refractivity contribution in [2.75, 3.05) is 0 Å². The van der Waals surface area contributed by atoms with Gasteiger partial charge in [-0.15, -0.1) is 0 Å². The van der Waals surface area contributed by atoms with Crippen LogP contribution >= 0.6 is 0 Å². The van der Waals surface area contributed by atoms with Crippen LogP contribution in [0.2, 0.25) is 0 Å². The van der Waals surface area contributed by atoms with Crippen molar-refractivity contribution in [1.82, 2.24) is 0 Å². The first-order chi connectivity index (χ1) is 11.5. The molecule has 0 aromatic heterocycles. The Morgan fingerprint density at radius 2 is 1.12 bits per heavy atom. The second kappa shape index (κ2) is 6.30. The monoisotopic (exact) mass is 373 g/mol. The minimum absolute atomic E-state index is 0.508. The van der Waals surface area contributed by atoms with Crippen LogP contribution in [0.3, 0.4) is 0 Å². The first-order valence-electron chi connectivity index (χ1n) is 6.03. The summed E-state index contributed by atoms with van der Waals surface area (Å²) in [6.07, 6.45) is -4.26. The highest BCUT2D eigenvalue weighted by molar-refractivity contribution is 5.98. The van der Waals surface area contributed by atoms with Crippen molar-refractivity contribution < 1.29 is 49.4 Å². The number of rotatable bonds is 3. The normalized spacial score (nSPS) is 12.3. The van der Waals surface area contributed by atoms with Crippen LogP contribution < -0.4 is 5.11 Å². The summed E-state index contributed by atoms with van der Waals surface area (Å²) in [5.41, 5.74) is -2.05. The molecule has 2 aromatic rings. The lowest BCUT2D eigenvalue weighted by Gasteiger charge is -2.17. The Morgan fingerprint density at radius 1 is 0.720 bits per heavy atom. The Morgan fingerprint density at radius 3 is 1.56 bits per heavy atom. The third kappa shape index (κ3) is 2.79. The van der Waals surface area contributed by atoms with E-state index in [9.17, 15) is 49.4 Å². The van der Waals surface area contributed by atoms with Crippen LogP contribution in [-0.4, -0.2) is 12.2 Å². The van der Waals surface area contributed by atoms with E-state index >= 15 is 0 Å². The van der Waals surface area contributed by atoms with Gasteiger partial charge in [0.25, 0.3) is 6.43 Å². The first kappa shape index (κ1) is 18.6. The number of fused-ring (bicyclic) bond motifs is 1. The first-order valence-corrected chi connectivity index (χ1v) is 6.03. The molecule has 0 amide bonds. The summed E-state index contributed by atoms with van der Waals surface area (Å²) in [6, 6.07) is 0. The zero-order valence-corrected chi connectivity index (χ0v) is 11.4. The number of hydrogen-bond acceptors (Lipinski definition) is 2. The fraction of sp³-hybridized carbons (Fsp3) is 0.0714. The largest absolute Gasteiger partial charge is 0.872 e. The van der Waals surface area contributed by atoms with E-state index in [1.165, 1.54) is 0 Å². The van der Waals surface area contributed by atoms with Gasteiger partial charge in [-0.3, -0.25) is 4.79 Å². The van der Waals surface area contributed by atoms with E-state index in [0.717, 1.165) is 0 Å². The lowest BCUT2D eigenvalue weighted by atomic mass is 10.0. The highest BCUT2D eigenvalue weighted by Crippen LogP contribution is 2.35. The molecule has 0 bridgehead atoms.